The van der Waals surface area contributed by atoms with E-state index in [1.165, 1.54) is 10.6 Å². The summed E-state index contributed by atoms with van der Waals surface area (Å²) in [4.78, 5) is 9.01. The molecule has 2 heterocycles. The maximum absolute atomic E-state index is 4.53. The van der Waals surface area contributed by atoms with Gasteiger partial charge in [-0.25, -0.2) is 4.98 Å². The van der Waals surface area contributed by atoms with Gasteiger partial charge in [-0.2, -0.15) is 0 Å². The van der Waals surface area contributed by atoms with E-state index in [0.717, 1.165) is 24.4 Å². The average Bonchev–Trinajstić information content (AvgIpc) is 2.74. The second-order valence-electron chi connectivity index (χ2n) is 4.46. The van der Waals surface area contributed by atoms with Crippen molar-refractivity contribution < 1.29 is 0 Å². The van der Waals surface area contributed by atoms with E-state index in [9.17, 15) is 0 Å². The summed E-state index contributed by atoms with van der Waals surface area (Å²) in [5, 5.41) is 6.76. The second kappa shape index (κ2) is 6.07. The quantitative estimate of drug-likeness (QED) is 0.899. The molecule has 0 fully saturated rings. The standard InChI is InChI=1S/C14H19N3S/c1-4-15-13(8-14-17-11(3)9-18-14)12-7-10(2)5-6-16-12/h5-7,9,13,15H,4,8H2,1-3H3. The predicted molar refractivity (Wildman–Crippen MR) is 75.9 cm³/mol. The number of rotatable bonds is 5. The van der Waals surface area contributed by atoms with Gasteiger partial charge in [0.05, 0.1) is 16.7 Å². The number of hydrogen-bond acceptors (Lipinski definition) is 4. The van der Waals surface area contributed by atoms with Gasteiger partial charge >= 0.3 is 0 Å². The van der Waals surface area contributed by atoms with Crippen molar-refractivity contribution in [1.82, 2.24) is 15.3 Å². The van der Waals surface area contributed by atoms with Crippen LogP contribution in [-0.4, -0.2) is 16.5 Å². The van der Waals surface area contributed by atoms with Crippen LogP contribution in [0.4, 0.5) is 0 Å². The van der Waals surface area contributed by atoms with Gasteiger partial charge in [0.1, 0.15) is 0 Å². The van der Waals surface area contributed by atoms with Crippen molar-refractivity contribution in [3.05, 3.63) is 45.7 Å². The van der Waals surface area contributed by atoms with Crippen LogP contribution in [0.15, 0.2) is 23.7 Å². The Balaban J connectivity index is 2.17. The molecule has 96 valence electrons. The normalized spacial score (nSPS) is 12.6. The molecule has 0 saturated carbocycles. The number of pyridine rings is 1. The molecule has 2 aromatic heterocycles. The summed E-state index contributed by atoms with van der Waals surface area (Å²) < 4.78 is 0. The molecule has 2 rings (SSSR count). The molecule has 18 heavy (non-hydrogen) atoms. The molecule has 3 nitrogen and oxygen atoms in total. The first-order valence-corrected chi connectivity index (χ1v) is 7.14. The Labute approximate surface area is 112 Å². The number of hydrogen-bond donors (Lipinski definition) is 1. The first-order chi connectivity index (χ1) is 8.69. The highest BCUT2D eigenvalue weighted by molar-refractivity contribution is 7.09. The number of aryl methyl sites for hydroxylation is 2. The zero-order valence-corrected chi connectivity index (χ0v) is 11.9. The maximum Gasteiger partial charge on any atom is 0.0947 e. The van der Waals surface area contributed by atoms with Crippen molar-refractivity contribution in [3.8, 4) is 0 Å². The van der Waals surface area contributed by atoms with Crippen LogP contribution >= 0.6 is 11.3 Å². The minimum Gasteiger partial charge on any atom is -0.309 e. The molecule has 0 amide bonds. The number of thiazole rings is 1. The van der Waals surface area contributed by atoms with Crippen LogP contribution in [0.2, 0.25) is 0 Å². The van der Waals surface area contributed by atoms with Gasteiger partial charge in [-0.15, -0.1) is 11.3 Å². The fourth-order valence-corrected chi connectivity index (χ4v) is 2.77. The highest BCUT2D eigenvalue weighted by Gasteiger charge is 2.14. The van der Waals surface area contributed by atoms with Crippen LogP contribution in [0.5, 0.6) is 0 Å². The average molecular weight is 261 g/mol. The van der Waals surface area contributed by atoms with Crippen molar-refractivity contribution in [1.29, 1.82) is 0 Å². The molecule has 0 aromatic carbocycles. The molecule has 2 aromatic rings. The first kappa shape index (κ1) is 13.2. The van der Waals surface area contributed by atoms with Crippen molar-refractivity contribution in [2.24, 2.45) is 0 Å². The third-order valence-electron chi connectivity index (χ3n) is 2.79. The molecule has 1 unspecified atom stereocenters. The molecule has 0 radical (unpaired) electrons. The van der Waals surface area contributed by atoms with Gasteiger partial charge in [-0.1, -0.05) is 6.92 Å². The topological polar surface area (TPSA) is 37.8 Å². The van der Waals surface area contributed by atoms with E-state index in [0.29, 0.717) is 0 Å². The van der Waals surface area contributed by atoms with Crippen LogP contribution in [0.25, 0.3) is 0 Å². The van der Waals surface area contributed by atoms with E-state index in [1.807, 2.05) is 19.2 Å². The number of likely N-dealkylation sites (N-methyl/N-ethyl adjacent to an activating group) is 1. The lowest BCUT2D eigenvalue weighted by atomic mass is 10.1. The van der Waals surface area contributed by atoms with Gasteiger partial charge in [-0.3, -0.25) is 4.98 Å². The smallest absolute Gasteiger partial charge is 0.0947 e. The monoisotopic (exact) mass is 261 g/mol. The molecular weight excluding hydrogens is 242 g/mol. The Morgan fingerprint density at radius 2 is 2.22 bits per heavy atom. The van der Waals surface area contributed by atoms with Crippen LogP contribution in [0.3, 0.4) is 0 Å². The Morgan fingerprint density at radius 3 is 2.83 bits per heavy atom. The van der Waals surface area contributed by atoms with E-state index in [4.69, 9.17) is 0 Å². The fraction of sp³-hybridized carbons (Fsp3) is 0.429. The van der Waals surface area contributed by atoms with Crippen LogP contribution in [-0.2, 0) is 6.42 Å². The Morgan fingerprint density at radius 1 is 1.39 bits per heavy atom. The molecule has 0 saturated heterocycles. The van der Waals surface area contributed by atoms with E-state index < -0.39 is 0 Å². The predicted octanol–water partition coefficient (Wildman–Crippen LogP) is 3.05. The van der Waals surface area contributed by atoms with Crippen LogP contribution < -0.4 is 5.32 Å². The third-order valence-corrected chi connectivity index (χ3v) is 3.78. The first-order valence-electron chi connectivity index (χ1n) is 6.26. The van der Waals surface area contributed by atoms with Crippen molar-refractivity contribution in [2.45, 2.75) is 33.2 Å². The summed E-state index contributed by atoms with van der Waals surface area (Å²) >= 11 is 1.72. The molecule has 0 spiro atoms. The number of nitrogens with one attached hydrogen (secondary N) is 1. The Bertz CT molecular complexity index is 507. The molecule has 1 N–H and O–H groups in total. The van der Waals surface area contributed by atoms with Crippen molar-refractivity contribution in [3.63, 3.8) is 0 Å². The van der Waals surface area contributed by atoms with Gasteiger partial charge in [0.15, 0.2) is 0 Å². The molecule has 0 aliphatic rings. The minimum absolute atomic E-state index is 0.250. The van der Waals surface area contributed by atoms with Crippen molar-refractivity contribution >= 4 is 11.3 Å². The summed E-state index contributed by atoms with van der Waals surface area (Å²) in [6.45, 7) is 7.19. The van der Waals surface area contributed by atoms with Gasteiger partial charge in [0.25, 0.3) is 0 Å². The lowest BCUT2D eigenvalue weighted by Gasteiger charge is -2.16. The Hall–Kier alpha value is -1.26. The maximum atomic E-state index is 4.53. The fourth-order valence-electron chi connectivity index (χ4n) is 1.95. The van der Waals surface area contributed by atoms with E-state index >= 15 is 0 Å². The SMILES string of the molecule is CCNC(Cc1nc(C)cs1)c1cc(C)ccn1. The zero-order valence-electron chi connectivity index (χ0n) is 11.1. The van der Waals surface area contributed by atoms with Crippen molar-refractivity contribution in [2.75, 3.05) is 6.54 Å². The largest absolute Gasteiger partial charge is 0.309 e. The number of nitrogens with zero attached hydrogens (tertiary/aromatic N) is 2. The van der Waals surface area contributed by atoms with Crippen LogP contribution in [0.1, 0.15) is 34.9 Å². The summed E-state index contributed by atoms with van der Waals surface area (Å²) in [6.07, 6.45) is 2.78. The van der Waals surface area contributed by atoms with E-state index in [1.54, 1.807) is 11.3 Å². The summed E-state index contributed by atoms with van der Waals surface area (Å²) in [7, 11) is 0. The molecule has 0 aliphatic heterocycles. The molecule has 0 bridgehead atoms. The van der Waals surface area contributed by atoms with E-state index in [2.05, 4.69) is 40.6 Å². The molecule has 0 aliphatic carbocycles. The highest BCUT2D eigenvalue weighted by atomic mass is 32.1. The van der Waals surface area contributed by atoms with Crippen LogP contribution in [0, 0.1) is 13.8 Å². The molecule has 1 atom stereocenters. The lowest BCUT2D eigenvalue weighted by Crippen LogP contribution is -2.24. The molecule has 4 heteroatoms. The van der Waals surface area contributed by atoms with Gasteiger partial charge in [-0.05, 0) is 38.1 Å². The zero-order chi connectivity index (χ0) is 13.0. The minimum atomic E-state index is 0.250. The van der Waals surface area contributed by atoms with Gasteiger partial charge < -0.3 is 5.32 Å². The summed E-state index contributed by atoms with van der Waals surface area (Å²) in [5.74, 6) is 0. The summed E-state index contributed by atoms with van der Waals surface area (Å²) in [5.41, 5.74) is 3.45. The molecular formula is C14H19N3S. The Kier molecular flexibility index (Phi) is 4.44. The van der Waals surface area contributed by atoms with Gasteiger partial charge in [0, 0.05) is 23.7 Å². The highest BCUT2D eigenvalue weighted by Crippen LogP contribution is 2.19. The number of aromatic nitrogens is 2. The van der Waals surface area contributed by atoms with Gasteiger partial charge in [0.2, 0.25) is 0 Å². The lowest BCUT2D eigenvalue weighted by molar-refractivity contribution is 0.535. The third kappa shape index (κ3) is 3.37. The summed E-state index contributed by atoms with van der Waals surface area (Å²) in [6, 6.07) is 4.42. The van der Waals surface area contributed by atoms with E-state index in [-0.39, 0.29) is 6.04 Å². The second-order valence-corrected chi connectivity index (χ2v) is 5.40.